The third-order valence-electron chi connectivity index (χ3n) is 2.85. The molecular weight excluding hydrogens is 278 g/mol. The van der Waals surface area contributed by atoms with Crippen LogP contribution in [-0.4, -0.2) is 29.8 Å². The van der Waals surface area contributed by atoms with Crippen LogP contribution in [-0.2, 0) is 6.42 Å². The highest BCUT2D eigenvalue weighted by atomic mass is 32.1. The summed E-state index contributed by atoms with van der Waals surface area (Å²) in [5, 5.41) is 9.17. The van der Waals surface area contributed by atoms with Gasteiger partial charge in [-0.25, -0.2) is 9.78 Å². The number of carboxylic acids is 1. The van der Waals surface area contributed by atoms with Gasteiger partial charge in [-0.3, -0.25) is 0 Å². The number of ether oxygens (including phenoxy) is 2. The quantitative estimate of drug-likeness (QED) is 0.887. The minimum absolute atomic E-state index is 0.102. The lowest BCUT2D eigenvalue weighted by molar-refractivity contribution is 0.0692. The summed E-state index contributed by atoms with van der Waals surface area (Å²) in [5.41, 5.74) is 2.89. The third-order valence-corrected chi connectivity index (χ3v) is 3.84. The fourth-order valence-electron chi connectivity index (χ4n) is 1.75. The van der Waals surface area contributed by atoms with Crippen LogP contribution < -0.4 is 9.47 Å². The predicted octanol–water partition coefficient (Wildman–Crippen LogP) is 2.78. The summed E-state index contributed by atoms with van der Waals surface area (Å²) in [5.74, 6) is -0.193. The Balaban J connectivity index is 2.05. The molecule has 0 aliphatic carbocycles. The van der Waals surface area contributed by atoms with Crippen molar-refractivity contribution in [2.75, 3.05) is 13.7 Å². The Kier molecular flexibility index (Phi) is 4.57. The summed E-state index contributed by atoms with van der Waals surface area (Å²) < 4.78 is 10.6. The minimum Gasteiger partial charge on any atom is -0.497 e. The van der Waals surface area contributed by atoms with Gasteiger partial charge < -0.3 is 14.6 Å². The van der Waals surface area contributed by atoms with E-state index < -0.39 is 5.97 Å². The second-order valence-corrected chi connectivity index (χ2v) is 5.07. The summed E-state index contributed by atoms with van der Waals surface area (Å²) in [6.45, 7) is 2.36. The van der Waals surface area contributed by atoms with E-state index in [1.54, 1.807) is 29.0 Å². The van der Waals surface area contributed by atoms with Gasteiger partial charge in [0.15, 0.2) is 0 Å². The molecule has 0 atom stereocenters. The van der Waals surface area contributed by atoms with Gasteiger partial charge in [-0.2, -0.15) is 0 Å². The summed E-state index contributed by atoms with van der Waals surface area (Å²) in [4.78, 5) is 16.5. The Morgan fingerprint density at radius 2 is 2.25 bits per heavy atom. The van der Waals surface area contributed by atoms with E-state index in [4.69, 9.17) is 14.6 Å². The molecule has 2 aromatic rings. The van der Waals surface area contributed by atoms with Crippen LogP contribution in [0.1, 0.15) is 20.9 Å². The first-order chi connectivity index (χ1) is 9.61. The molecule has 2 rings (SSSR count). The van der Waals surface area contributed by atoms with Crippen LogP contribution in [0.25, 0.3) is 0 Å². The van der Waals surface area contributed by atoms with Crippen LogP contribution in [0.3, 0.4) is 0 Å². The number of aromatic carboxylic acids is 1. The van der Waals surface area contributed by atoms with Crippen LogP contribution in [0.4, 0.5) is 0 Å². The Bertz CT molecular complexity index is 609. The van der Waals surface area contributed by atoms with Gasteiger partial charge in [-0.05, 0) is 25.1 Å². The average molecular weight is 293 g/mol. The zero-order valence-electron chi connectivity index (χ0n) is 11.3. The van der Waals surface area contributed by atoms with Gasteiger partial charge in [0.1, 0.15) is 17.1 Å². The van der Waals surface area contributed by atoms with Crippen molar-refractivity contribution in [1.82, 2.24) is 4.98 Å². The topological polar surface area (TPSA) is 68.7 Å². The van der Waals surface area contributed by atoms with Crippen molar-refractivity contribution < 1.29 is 19.4 Å². The van der Waals surface area contributed by atoms with Crippen LogP contribution in [0.15, 0.2) is 23.7 Å². The summed E-state index contributed by atoms with van der Waals surface area (Å²) >= 11 is 1.57. The standard InChI is InChI=1S/C14H15NO4S/c1-9-13(20-8-15-9)5-6-19-12-4-3-10(18-2)7-11(12)14(16)17/h3-4,7-8H,5-6H2,1-2H3,(H,16,17). The maximum absolute atomic E-state index is 11.2. The van der Waals surface area contributed by atoms with Crippen molar-refractivity contribution >= 4 is 17.3 Å². The molecule has 1 heterocycles. The lowest BCUT2D eigenvalue weighted by Gasteiger charge is -2.10. The molecule has 0 bridgehead atoms. The highest BCUT2D eigenvalue weighted by Gasteiger charge is 2.13. The summed E-state index contributed by atoms with van der Waals surface area (Å²) in [6, 6.07) is 4.75. The second-order valence-electron chi connectivity index (χ2n) is 4.13. The van der Waals surface area contributed by atoms with Crippen LogP contribution in [0.2, 0.25) is 0 Å². The first-order valence-electron chi connectivity index (χ1n) is 6.05. The number of thiazole rings is 1. The molecular formula is C14H15NO4S. The van der Waals surface area contributed by atoms with E-state index >= 15 is 0 Å². The third kappa shape index (κ3) is 3.27. The lowest BCUT2D eigenvalue weighted by atomic mass is 10.2. The van der Waals surface area contributed by atoms with Crippen LogP contribution >= 0.6 is 11.3 Å². The fraction of sp³-hybridized carbons (Fsp3) is 0.286. The number of nitrogens with zero attached hydrogens (tertiary/aromatic N) is 1. The highest BCUT2D eigenvalue weighted by Crippen LogP contribution is 2.24. The summed E-state index contributed by atoms with van der Waals surface area (Å²) in [6.07, 6.45) is 0.710. The number of carboxylic acid groups (broad SMARTS) is 1. The van der Waals surface area contributed by atoms with Gasteiger partial charge in [0.2, 0.25) is 0 Å². The molecule has 0 unspecified atom stereocenters. The Hall–Kier alpha value is -2.08. The molecule has 0 fully saturated rings. The number of benzene rings is 1. The first kappa shape index (κ1) is 14.3. The van der Waals surface area contributed by atoms with E-state index in [9.17, 15) is 4.79 Å². The maximum Gasteiger partial charge on any atom is 0.339 e. The Morgan fingerprint density at radius 1 is 1.45 bits per heavy atom. The molecule has 0 radical (unpaired) electrons. The lowest BCUT2D eigenvalue weighted by Crippen LogP contribution is -2.06. The van der Waals surface area contributed by atoms with Gasteiger partial charge in [0.05, 0.1) is 24.9 Å². The van der Waals surface area contributed by atoms with Crippen molar-refractivity contribution in [1.29, 1.82) is 0 Å². The molecule has 0 saturated carbocycles. The molecule has 1 aromatic carbocycles. The first-order valence-corrected chi connectivity index (χ1v) is 6.93. The second kappa shape index (κ2) is 6.38. The number of methoxy groups -OCH3 is 1. The van der Waals surface area contributed by atoms with E-state index in [2.05, 4.69) is 4.98 Å². The molecule has 1 N–H and O–H groups in total. The Labute approximate surface area is 120 Å². The molecule has 0 amide bonds. The van der Waals surface area contributed by atoms with Crippen molar-refractivity contribution in [3.8, 4) is 11.5 Å². The zero-order valence-corrected chi connectivity index (χ0v) is 12.1. The highest BCUT2D eigenvalue weighted by molar-refractivity contribution is 7.09. The monoisotopic (exact) mass is 293 g/mol. The largest absolute Gasteiger partial charge is 0.497 e. The zero-order chi connectivity index (χ0) is 14.5. The van der Waals surface area contributed by atoms with Crippen molar-refractivity contribution in [3.05, 3.63) is 39.8 Å². The fourth-order valence-corrected chi connectivity index (χ4v) is 2.51. The smallest absolute Gasteiger partial charge is 0.339 e. The molecule has 6 heteroatoms. The van der Waals surface area contributed by atoms with E-state index in [0.29, 0.717) is 24.5 Å². The van der Waals surface area contributed by atoms with E-state index in [0.717, 1.165) is 10.6 Å². The van der Waals surface area contributed by atoms with Crippen molar-refractivity contribution in [3.63, 3.8) is 0 Å². The van der Waals surface area contributed by atoms with Crippen LogP contribution in [0.5, 0.6) is 11.5 Å². The van der Waals surface area contributed by atoms with Gasteiger partial charge in [0.25, 0.3) is 0 Å². The summed E-state index contributed by atoms with van der Waals surface area (Å²) in [7, 11) is 1.49. The van der Waals surface area contributed by atoms with Crippen molar-refractivity contribution in [2.24, 2.45) is 0 Å². The van der Waals surface area contributed by atoms with Crippen LogP contribution in [0, 0.1) is 6.92 Å². The van der Waals surface area contributed by atoms with Gasteiger partial charge in [-0.1, -0.05) is 0 Å². The molecule has 0 aliphatic heterocycles. The Morgan fingerprint density at radius 3 is 2.85 bits per heavy atom. The molecule has 20 heavy (non-hydrogen) atoms. The number of hydrogen-bond acceptors (Lipinski definition) is 5. The van der Waals surface area contributed by atoms with E-state index in [1.807, 2.05) is 6.92 Å². The molecule has 106 valence electrons. The number of carbonyl (C=O) groups is 1. The van der Waals surface area contributed by atoms with E-state index in [-0.39, 0.29) is 5.56 Å². The average Bonchev–Trinajstić information content (AvgIpc) is 2.84. The normalized spacial score (nSPS) is 10.3. The number of rotatable bonds is 6. The molecule has 5 nitrogen and oxygen atoms in total. The molecule has 0 aliphatic rings. The van der Waals surface area contributed by atoms with Gasteiger partial charge in [-0.15, -0.1) is 11.3 Å². The number of aromatic nitrogens is 1. The van der Waals surface area contributed by atoms with Gasteiger partial charge >= 0.3 is 5.97 Å². The van der Waals surface area contributed by atoms with Crippen molar-refractivity contribution in [2.45, 2.75) is 13.3 Å². The van der Waals surface area contributed by atoms with E-state index in [1.165, 1.54) is 13.2 Å². The molecule has 0 saturated heterocycles. The predicted molar refractivity (Wildman–Crippen MR) is 76.0 cm³/mol. The SMILES string of the molecule is COc1ccc(OCCc2scnc2C)c(C(=O)O)c1. The van der Waals surface area contributed by atoms with Gasteiger partial charge in [0, 0.05) is 11.3 Å². The number of aryl methyl sites for hydroxylation is 1. The minimum atomic E-state index is -1.03. The molecule has 0 spiro atoms. The number of hydrogen-bond donors (Lipinski definition) is 1. The maximum atomic E-state index is 11.2. The molecule has 1 aromatic heterocycles.